The van der Waals surface area contributed by atoms with Gasteiger partial charge in [0.05, 0.1) is 5.38 Å². The molecule has 0 aliphatic heterocycles. The normalized spacial score (nSPS) is 18.3. The van der Waals surface area contributed by atoms with E-state index in [0.29, 0.717) is 22.3 Å². The van der Waals surface area contributed by atoms with Crippen molar-refractivity contribution >= 4 is 42.4 Å². The molecule has 0 saturated carbocycles. The molecule has 1 aromatic carbocycles. The number of benzene rings is 1. The van der Waals surface area contributed by atoms with E-state index in [1.54, 1.807) is 31.2 Å². The van der Waals surface area contributed by atoms with Gasteiger partial charge in [0.2, 0.25) is 0 Å². The Morgan fingerprint density at radius 1 is 1.24 bits per heavy atom. The van der Waals surface area contributed by atoms with Gasteiger partial charge in [-0.05, 0) is 13.3 Å². The van der Waals surface area contributed by atoms with Crippen LogP contribution in [0, 0.1) is 0 Å². The van der Waals surface area contributed by atoms with Gasteiger partial charge in [0.1, 0.15) is 0 Å². The fourth-order valence-corrected chi connectivity index (χ4v) is 4.32. The van der Waals surface area contributed by atoms with Crippen LogP contribution < -0.4 is 5.50 Å². The topological polar surface area (TPSA) is 101 Å². The molecule has 1 aliphatic rings. The first-order valence-electron chi connectivity index (χ1n) is 7.61. The van der Waals surface area contributed by atoms with Gasteiger partial charge < -0.3 is 4.89 Å². The Bertz CT molecular complexity index is 775. The predicted molar refractivity (Wildman–Crippen MR) is 98.4 cm³/mol. The highest BCUT2D eigenvalue weighted by atomic mass is 35.5. The molecule has 0 heterocycles. The van der Waals surface area contributed by atoms with E-state index in [-0.39, 0.29) is 37.0 Å². The monoisotopic (exact) mass is 404 g/mol. The van der Waals surface area contributed by atoms with Gasteiger partial charge in [-0.2, -0.15) is 0 Å². The molecule has 1 aliphatic carbocycles. The van der Waals surface area contributed by atoms with Crippen molar-refractivity contribution in [2.24, 2.45) is 5.50 Å². The van der Waals surface area contributed by atoms with E-state index in [1.807, 2.05) is 0 Å². The maximum atomic E-state index is 12.7. The number of allylic oxidation sites excluding steroid dienone is 2. The van der Waals surface area contributed by atoms with E-state index in [4.69, 9.17) is 28.7 Å². The van der Waals surface area contributed by atoms with Gasteiger partial charge in [-0.15, -0.1) is 23.2 Å². The zero-order valence-electron chi connectivity index (χ0n) is 13.6. The molecular formula is C16H19Cl2N2O4P. The second kappa shape index (κ2) is 8.12. The van der Waals surface area contributed by atoms with Crippen molar-refractivity contribution in [1.29, 1.82) is 0 Å². The zero-order valence-corrected chi connectivity index (χ0v) is 16.0. The second-order valence-corrected chi connectivity index (χ2v) is 8.54. The highest BCUT2D eigenvalue weighted by Crippen LogP contribution is 2.37. The summed E-state index contributed by atoms with van der Waals surface area (Å²) in [6.07, 6.45) is 0.0884. The highest BCUT2D eigenvalue weighted by Gasteiger charge is 2.32. The SMILES string of the molecule is CC1=C(CC(Cl)CN(CCCl)P(N)(=O)O)C(=O)c2ccccc2C1=O. The summed E-state index contributed by atoms with van der Waals surface area (Å²) < 4.78 is 12.8. The van der Waals surface area contributed by atoms with Crippen LogP contribution in [0.5, 0.6) is 0 Å². The van der Waals surface area contributed by atoms with E-state index in [0.717, 1.165) is 4.67 Å². The van der Waals surface area contributed by atoms with Crippen LogP contribution in [0.15, 0.2) is 35.4 Å². The van der Waals surface area contributed by atoms with Gasteiger partial charge in [0.15, 0.2) is 11.6 Å². The number of nitrogens with zero attached hydrogens (tertiary/aromatic N) is 1. The lowest BCUT2D eigenvalue weighted by Crippen LogP contribution is -2.33. The molecule has 3 N–H and O–H groups in total. The molecule has 6 nitrogen and oxygen atoms in total. The highest BCUT2D eigenvalue weighted by molar-refractivity contribution is 7.52. The molecule has 25 heavy (non-hydrogen) atoms. The number of hydrogen-bond acceptors (Lipinski definition) is 3. The van der Waals surface area contributed by atoms with Gasteiger partial charge in [-0.25, -0.2) is 10.2 Å². The Morgan fingerprint density at radius 3 is 2.32 bits per heavy atom. The molecule has 0 saturated heterocycles. The lowest BCUT2D eigenvalue weighted by molar-refractivity contribution is 0.0971. The van der Waals surface area contributed by atoms with Gasteiger partial charge in [-0.1, -0.05) is 24.3 Å². The fraction of sp³-hybridized carbons (Fsp3) is 0.375. The van der Waals surface area contributed by atoms with Gasteiger partial charge >= 0.3 is 7.67 Å². The number of halogens is 2. The second-order valence-electron chi connectivity index (χ2n) is 5.80. The zero-order chi connectivity index (χ0) is 18.8. The molecule has 0 fully saturated rings. The Hall–Kier alpha value is -1.01. The Balaban J connectivity index is 2.22. The average Bonchev–Trinajstić information content (AvgIpc) is 2.55. The largest absolute Gasteiger partial charge is 0.338 e. The molecule has 0 bridgehead atoms. The van der Waals surface area contributed by atoms with Gasteiger partial charge in [-0.3, -0.25) is 14.2 Å². The first-order chi connectivity index (χ1) is 11.7. The summed E-state index contributed by atoms with van der Waals surface area (Å²) >= 11 is 11.9. The van der Waals surface area contributed by atoms with Crippen LogP contribution in [0.25, 0.3) is 0 Å². The lowest BCUT2D eigenvalue weighted by atomic mass is 9.83. The van der Waals surface area contributed by atoms with E-state index in [1.165, 1.54) is 0 Å². The van der Waals surface area contributed by atoms with Crippen LogP contribution >= 0.6 is 30.9 Å². The third kappa shape index (κ3) is 4.59. The van der Waals surface area contributed by atoms with Crippen molar-refractivity contribution in [3.05, 3.63) is 46.5 Å². The maximum Gasteiger partial charge on any atom is 0.338 e. The lowest BCUT2D eigenvalue weighted by Gasteiger charge is -2.26. The molecule has 0 aromatic heterocycles. The summed E-state index contributed by atoms with van der Waals surface area (Å²) in [4.78, 5) is 34.7. The van der Waals surface area contributed by atoms with Crippen molar-refractivity contribution < 1.29 is 19.0 Å². The number of alkyl halides is 2. The van der Waals surface area contributed by atoms with Crippen molar-refractivity contribution in [1.82, 2.24) is 4.67 Å². The summed E-state index contributed by atoms with van der Waals surface area (Å²) in [6, 6.07) is 6.62. The van der Waals surface area contributed by atoms with Crippen molar-refractivity contribution in [3.8, 4) is 0 Å². The summed E-state index contributed by atoms with van der Waals surface area (Å²) in [7, 11) is -4.00. The summed E-state index contributed by atoms with van der Waals surface area (Å²) in [5.41, 5.74) is 6.67. The van der Waals surface area contributed by atoms with Gasteiger partial charge in [0.25, 0.3) is 0 Å². The minimum absolute atomic E-state index is 0.0293. The van der Waals surface area contributed by atoms with Crippen molar-refractivity contribution in [2.75, 3.05) is 19.0 Å². The molecule has 9 heteroatoms. The number of carbonyl (C=O) groups is 2. The number of hydrogen-bond donors (Lipinski definition) is 2. The third-order valence-electron chi connectivity index (χ3n) is 4.07. The van der Waals surface area contributed by atoms with Crippen LogP contribution in [0.4, 0.5) is 0 Å². The molecule has 0 radical (unpaired) electrons. The van der Waals surface area contributed by atoms with E-state index < -0.39 is 13.0 Å². The molecule has 136 valence electrons. The smallest absolute Gasteiger partial charge is 0.322 e. The molecule has 2 rings (SSSR count). The van der Waals surface area contributed by atoms with Gasteiger partial charge in [0, 0.05) is 41.2 Å². The molecule has 1 aromatic rings. The quantitative estimate of drug-likeness (QED) is 0.535. The Morgan fingerprint density at radius 2 is 1.80 bits per heavy atom. The minimum Gasteiger partial charge on any atom is -0.322 e. The fourth-order valence-electron chi connectivity index (χ4n) is 2.76. The summed E-state index contributed by atoms with van der Waals surface area (Å²) in [6.45, 7) is 1.65. The number of ketones is 2. The van der Waals surface area contributed by atoms with Crippen LogP contribution in [0.3, 0.4) is 0 Å². The van der Waals surface area contributed by atoms with E-state index >= 15 is 0 Å². The van der Waals surface area contributed by atoms with Crippen LogP contribution in [-0.2, 0) is 4.57 Å². The Kier molecular flexibility index (Phi) is 6.60. The molecule has 2 atom stereocenters. The third-order valence-corrected chi connectivity index (χ3v) is 5.70. The molecule has 0 amide bonds. The average molecular weight is 405 g/mol. The predicted octanol–water partition coefficient (Wildman–Crippen LogP) is 2.98. The standard InChI is InChI=1S/C16H19Cl2N2O4P/c1-10-14(8-11(18)9-20(7-6-17)25(19,23)24)16(22)13-5-3-2-4-12(13)15(10)21/h2-5,11H,6-9H2,1H3,(H3,19,23,24). The van der Waals surface area contributed by atoms with Crippen LogP contribution in [0.2, 0.25) is 0 Å². The molecule has 0 spiro atoms. The van der Waals surface area contributed by atoms with Crippen LogP contribution in [-0.4, -0.2) is 45.5 Å². The van der Waals surface area contributed by atoms with E-state index in [2.05, 4.69) is 0 Å². The first-order valence-corrected chi connectivity index (χ1v) is 10.3. The van der Waals surface area contributed by atoms with E-state index in [9.17, 15) is 19.0 Å². The van der Waals surface area contributed by atoms with Crippen molar-refractivity contribution in [2.45, 2.75) is 18.7 Å². The van der Waals surface area contributed by atoms with Crippen molar-refractivity contribution in [3.63, 3.8) is 0 Å². The number of Topliss-reactive ketones (excluding diaryl/α,β-unsaturated/α-hetero) is 2. The number of fused-ring (bicyclic) bond motifs is 1. The summed E-state index contributed by atoms with van der Waals surface area (Å²) in [5.74, 6) is -0.349. The molecule has 2 unspecified atom stereocenters. The number of nitrogens with two attached hydrogens (primary N) is 1. The number of carbonyl (C=O) groups excluding carboxylic acids is 2. The number of rotatable bonds is 7. The Labute approximate surface area is 156 Å². The minimum atomic E-state index is -4.00. The first kappa shape index (κ1) is 20.3. The maximum absolute atomic E-state index is 12.7. The summed E-state index contributed by atoms with van der Waals surface area (Å²) in [5, 5.41) is -0.681. The van der Waals surface area contributed by atoms with Crippen LogP contribution in [0.1, 0.15) is 34.1 Å². The molecular weight excluding hydrogens is 386 g/mol.